The van der Waals surface area contributed by atoms with Crippen molar-refractivity contribution in [1.82, 2.24) is 0 Å². The maximum Gasteiger partial charge on any atom is 0.0465 e. The molecule has 0 amide bonds. The van der Waals surface area contributed by atoms with Gasteiger partial charge >= 0.3 is 0 Å². The van der Waals surface area contributed by atoms with Crippen LogP contribution in [0.3, 0.4) is 0 Å². The van der Waals surface area contributed by atoms with Gasteiger partial charge in [0.05, 0.1) is 0 Å². The lowest BCUT2D eigenvalue weighted by molar-refractivity contribution is -0.371. The van der Waals surface area contributed by atoms with Crippen LogP contribution >= 0.6 is 0 Å². The molecule has 1 heteroatoms. The molecule has 0 saturated heterocycles. The van der Waals surface area contributed by atoms with Gasteiger partial charge < -0.3 is 5.11 Å². The lowest BCUT2D eigenvalue weighted by atomic mass is 9.20. The standard InChI is InChI=1S/C12H18O/c1-11-4-7-2-3-9-8(6-13)10(5-11)12(7,9)11/h7-10,13H,2-6H2,1H3. The van der Waals surface area contributed by atoms with Gasteiger partial charge in [0.1, 0.15) is 0 Å². The Labute approximate surface area is 79.5 Å². The summed E-state index contributed by atoms with van der Waals surface area (Å²) in [7, 11) is 0. The molecule has 1 spiro atoms. The van der Waals surface area contributed by atoms with Crippen molar-refractivity contribution in [2.75, 3.05) is 6.61 Å². The minimum absolute atomic E-state index is 0.472. The van der Waals surface area contributed by atoms with Gasteiger partial charge in [-0.3, -0.25) is 0 Å². The van der Waals surface area contributed by atoms with E-state index >= 15 is 0 Å². The lowest BCUT2D eigenvalue weighted by Crippen LogP contribution is -2.79. The molecule has 0 heterocycles. The third-order valence-corrected chi connectivity index (χ3v) is 6.39. The molecule has 0 aromatic heterocycles. The Morgan fingerprint density at radius 2 is 2.08 bits per heavy atom. The molecule has 0 radical (unpaired) electrons. The van der Waals surface area contributed by atoms with Crippen LogP contribution in [0.5, 0.6) is 0 Å². The van der Waals surface area contributed by atoms with Crippen molar-refractivity contribution >= 4 is 0 Å². The fraction of sp³-hybridized carbons (Fsp3) is 1.00. The maximum atomic E-state index is 9.34. The van der Waals surface area contributed by atoms with Crippen LogP contribution < -0.4 is 0 Å². The molecule has 0 bridgehead atoms. The summed E-state index contributed by atoms with van der Waals surface area (Å²) in [6, 6.07) is 0. The van der Waals surface area contributed by atoms with Gasteiger partial charge in [-0.25, -0.2) is 0 Å². The van der Waals surface area contributed by atoms with E-state index in [1.165, 1.54) is 25.7 Å². The molecule has 1 nitrogen and oxygen atoms in total. The number of hydrogen-bond acceptors (Lipinski definition) is 1. The molecule has 0 aromatic rings. The predicted octanol–water partition coefficient (Wildman–Crippen LogP) is 2.05. The predicted molar refractivity (Wildman–Crippen MR) is 50.1 cm³/mol. The molecular weight excluding hydrogens is 160 g/mol. The summed E-state index contributed by atoms with van der Waals surface area (Å²) in [6.45, 7) is 2.98. The highest BCUT2D eigenvalue weighted by Crippen LogP contribution is 2.90. The van der Waals surface area contributed by atoms with Gasteiger partial charge in [0.25, 0.3) is 0 Å². The minimum Gasteiger partial charge on any atom is -0.396 e. The Bertz CT molecular complexity index is 287. The molecule has 4 fully saturated rings. The summed E-state index contributed by atoms with van der Waals surface area (Å²) in [6.07, 6.45) is 5.86. The average Bonchev–Trinajstić information content (AvgIpc) is 2.42. The van der Waals surface area contributed by atoms with Gasteiger partial charge in [0.15, 0.2) is 0 Å². The zero-order valence-electron chi connectivity index (χ0n) is 8.29. The van der Waals surface area contributed by atoms with Crippen LogP contribution in [0, 0.1) is 34.5 Å². The molecule has 0 aliphatic heterocycles. The molecule has 4 aliphatic rings. The fourth-order valence-corrected chi connectivity index (χ4v) is 6.26. The highest BCUT2D eigenvalue weighted by molar-refractivity contribution is 5.33. The largest absolute Gasteiger partial charge is 0.396 e. The zero-order valence-corrected chi connectivity index (χ0v) is 8.29. The van der Waals surface area contributed by atoms with E-state index in [1.54, 1.807) is 0 Å². The Kier molecular flexibility index (Phi) is 0.959. The van der Waals surface area contributed by atoms with Crippen molar-refractivity contribution in [3.8, 4) is 0 Å². The van der Waals surface area contributed by atoms with E-state index in [1.807, 2.05) is 0 Å². The second kappa shape index (κ2) is 1.71. The zero-order chi connectivity index (χ0) is 8.84. The minimum atomic E-state index is 0.472. The summed E-state index contributed by atoms with van der Waals surface area (Å²) < 4.78 is 0. The summed E-state index contributed by atoms with van der Waals surface area (Å²) in [5.41, 5.74) is 1.51. The van der Waals surface area contributed by atoms with Crippen LogP contribution in [-0.2, 0) is 0 Å². The third-order valence-electron chi connectivity index (χ3n) is 6.39. The van der Waals surface area contributed by atoms with Crippen molar-refractivity contribution in [3.05, 3.63) is 0 Å². The van der Waals surface area contributed by atoms with E-state index in [9.17, 15) is 5.11 Å². The van der Waals surface area contributed by atoms with Gasteiger partial charge in [-0.1, -0.05) is 6.92 Å². The Morgan fingerprint density at radius 3 is 2.77 bits per heavy atom. The van der Waals surface area contributed by atoms with E-state index in [0.29, 0.717) is 12.5 Å². The molecule has 4 saturated carbocycles. The Balaban J connectivity index is 1.77. The van der Waals surface area contributed by atoms with Gasteiger partial charge in [-0.15, -0.1) is 0 Å². The highest BCUT2D eigenvalue weighted by atomic mass is 16.3. The van der Waals surface area contributed by atoms with Gasteiger partial charge in [-0.05, 0) is 60.2 Å². The van der Waals surface area contributed by atoms with Gasteiger partial charge in [0.2, 0.25) is 0 Å². The molecule has 72 valence electrons. The van der Waals surface area contributed by atoms with Gasteiger partial charge in [0, 0.05) is 6.61 Å². The number of rotatable bonds is 1. The first-order valence-corrected chi connectivity index (χ1v) is 5.85. The summed E-state index contributed by atoms with van der Waals surface area (Å²) >= 11 is 0. The van der Waals surface area contributed by atoms with E-state index in [4.69, 9.17) is 0 Å². The summed E-state index contributed by atoms with van der Waals surface area (Å²) in [5.74, 6) is 3.65. The second-order valence-electron chi connectivity index (χ2n) is 6.24. The van der Waals surface area contributed by atoms with Crippen molar-refractivity contribution < 1.29 is 5.11 Å². The molecule has 0 aromatic carbocycles. The number of hydrogen-bond donors (Lipinski definition) is 1. The van der Waals surface area contributed by atoms with Crippen LogP contribution in [0.25, 0.3) is 0 Å². The smallest absolute Gasteiger partial charge is 0.0465 e. The van der Waals surface area contributed by atoms with Crippen LogP contribution in [0.1, 0.15) is 32.6 Å². The molecule has 13 heavy (non-hydrogen) atoms. The first-order chi connectivity index (χ1) is 6.24. The first-order valence-electron chi connectivity index (χ1n) is 5.85. The Morgan fingerprint density at radius 1 is 1.23 bits per heavy atom. The van der Waals surface area contributed by atoms with Crippen LogP contribution in [0.4, 0.5) is 0 Å². The van der Waals surface area contributed by atoms with Crippen molar-refractivity contribution in [1.29, 1.82) is 0 Å². The molecule has 6 atom stereocenters. The average molecular weight is 178 g/mol. The van der Waals surface area contributed by atoms with E-state index in [0.717, 1.165) is 28.6 Å². The Hall–Kier alpha value is -0.0400. The highest BCUT2D eigenvalue weighted by Gasteiger charge is 2.85. The molecule has 6 unspecified atom stereocenters. The molecule has 1 N–H and O–H groups in total. The fourth-order valence-electron chi connectivity index (χ4n) is 6.26. The first kappa shape index (κ1) is 7.28. The monoisotopic (exact) mass is 178 g/mol. The molecular formula is C12H18O. The summed E-state index contributed by atoms with van der Waals surface area (Å²) in [5, 5.41) is 9.34. The number of aliphatic hydroxyl groups excluding tert-OH is 1. The topological polar surface area (TPSA) is 20.2 Å². The third kappa shape index (κ3) is 0.439. The lowest BCUT2D eigenvalue weighted by Gasteiger charge is -2.84. The van der Waals surface area contributed by atoms with E-state index < -0.39 is 0 Å². The van der Waals surface area contributed by atoms with E-state index in [2.05, 4.69) is 6.92 Å². The van der Waals surface area contributed by atoms with Crippen LogP contribution in [0.15, 0.2) is 0 Å². The van der Waals surface area contributed by atoms with E-state index in [-0.39, 0.29) is 0 Å². The van der Waals surface area contributed by atoms with Crippen molar-refractivity contribution in [2.24, 2.45) is 34.5 Å². The quantitative estimate of drug-likeness (QED) is 0.651. The maximum absolute atomic E-state index is 9.34. The van der Waals surface area contributed by atoms with Crippen LogP contribution in [0.2, 0.25) is 0 Å². The van der Waals surface area contributed by atoms with Gasteiger partial charge in [-0.2, -0.15) is 0 Å². The molecule has 4 aliphatic carbocycles. The SMILES string of the molecule is CC12CC3CCC4C(CO)C(C1)C342. The normalized spacial score (nSPS) is 71.5. The van der Waals surface area contributed by atoms with Crippen LogP contribution in [-0.4, -0.2) is 11.7 Å². The number of aliphatic hydroxyl groups is 1. The molecule has 4 rings (SSSR count). The van der Waals surface area contributed by atoms with Crippen molar-refractivity contribution in [2.45, 2.75) is 32.6 Å². The van der Waals surface area contributed by atoms with Crippen molar-refractivity contribution in [3.63, 3.8) is 0 Å². The summed E-state index contributed by atoms with van der Waals surface area (Å²) in [4.78, 5) is 0. The second-order valence-corrected chi connectivity index (χ2v) is 6.24.